The maximum atomic E-state index is 11.9. The van der Waals surface area contributed by atoms with E-state index in [0.717, 1.165) is 25.3 Å². The predicted molar refractivity (Wildman–Crippen MR) is 60.2 cm³/mol. The maximum absolute atomic E-state index is 11.9. The van der Waals surface area contributed by atoms with E-state index in [0.29, 0.717) is 11.8 Å². The number of nitrogens with two attached hydrogens (primary N) is 1. The van der Waals surface area contributed by atoms with Crippen LogP contribution in [0.2, 0.25) is 0 Å². The molecule has 3 heteroatoms. The molecule has 15 heavy (non-hydrogen) atoms. The Bertz CT molecular complexity index is 254. The first-order chi connectivity index (χ1) is 7.01. The van der Waals surface area contributed by atoms with E-state index in [2.05, 4.69) is 12.2 Å². The van der Waals surface area contributed by atoms with Crippen molar-refractivity contribution in [2.45, 2.75) is 45.1 Å². The summed E-state index contributed by atoms with van der Waals surface area (Å²) in [5.41, 5.74) is 5.40. The minimum absolute atomic E-state index is 0.0394. The molecule has 3 N–H and O–H groups in total. The van der Waals surface area contributed by atoms with Gasteiger partial charge in [0.25, 0.3) is 0 Å². The van der Waals surface area contributed by atoms with Crippen molar-refractivity contribution < 1.29 is 4.79 Å². The van der Waals surface area contributed by atoms with Crippen LogP contribution in [0.5, 0.6) is 0 Å². The number of carbonyl (C=O) groups excluding carboxylic acids is 1. The minimum Gasteiger partial charge on any atom is -0.354 e. The van der Waals surface area contributed by atoms with Crippen LogP contribution in [0, 0.1) is 17.8 Å². The van der Waals surface area contributed by atoms with E-state index in [1.165, 1.54) is 12.8 Å². The second kappa shape index (κ2) is 3.78. The average molecular weight is 210 g/mol. The van der Waals surface area contributed by atoms with Gasteiger partial charge in [-0.05, 0) is 50.4 Å². The molecule has 0 spiro atoms. The van der Waals surface area contributed by atoms with Gasteiger partial charge in [-0.15, -0.1) is 0 Å². The molecule has 0 aromatic carbocycles. The number of hydrogen-bond donors (Lipinski definition) is 2. The molecule has 0 aliphatic heterocycles. The third kappa shape index (κ3) is 2.51. The maximum Gasteiger partial charge on any atom is 0.240 e. The van der Waals surface area contributed by atoms with Gasteiger partial charge in [-0.1, -0.05) is 6.92 Å². The van der Waals surface area contributed by atoms with Gasteiger partial charge in [-0.25, -0.2) is 0 Å². The van der Waals surface area contributed by atoms with Crippen molar-refractivity contribution in [2.75, 3.05) is 6.54 Å². The fraction of sp³-hybridized carbons (Fsp3) is 0.917. The summed E-state index contributed by atoms with van der Waals surface area (Å²) in [6.07, 6.45) is 4.89. The summed E-state index contributed by atoms with van der Waals surface area (Å²) >= 11 is 0. The highest BCUT2D eigenvalue weighted by atomic mass is 16.2. The molecule has 2 fully saturated rings. The molecule has 86 valence electrons. The van der Waals surface area contributed by atoms with Crippen molar-refractivity contribution in [3.63, 3.8) is 0 Å². The number of carbonyl (C=O) groups is 1. The number of nitrogens with one attached hydrogen (secondary N) is 1. The topological polar surface area (TPSA) is 55.1 Å². The van der Waals surface area contributed by atoms with E-state index in [4.69, 9.17) is 5.73 Å². The second-order valence-electron chi connectivity index (χ2n) is 5.58. The minimum atomic E-state index is -0.636. The fourth-order valence-corrected chi connectivity index (χ4v) is 2.14. The van der Waals surface area contributed by atoms with E-state index in [1.54, 1.807) is 0 Å². The van der Waals surface area contributed by atoms with Crippen molar-refractivity contribution in [3.8, 4) is 0 Å². The number of amides is 1. The Balaban J connectivity index is 1.75. The molecule has 2 unspecified atom stereocenters. The third-order valence-corrected chi connectivity index (χ3v) is 3.93. The fourth-order valence-electron chi connectivity index (χ4n) is 2.14. The van der Waals surface area contributed by atoms with Gasteiger partial charge < -0.3 is 11.1 Å². The zero-order valence-electron chi connectivity index (χ0n) is 9.75. The standard InChI is InChI=1S/C12H22N2O/c1-8(9-3-4-9)7-14-11(15)12(2,13)10-5-6-10/h8-10H,3-7,13H2,1-2H3,(H,14,15). The molecular formula is C12H22N2O. The zero-order valence-corrected chi connectivity index (χ0v) is 9.75. The molecule has 0 saturated heterocycles. The molecule has 1 amide bonds. The summed E-state index contributed by atoms with van der Waals surface area (Å²) < 4.78 is 0. The van der Waals surface area contributed by atoms with Gasteiger partial charge in [0, 0.05) is 6.54 Å². The molecule has 0 radical (unpaired) electrons. The molecule has 0 aromatic heterocycles. The molecular weight excluding hydrogens is 188 g/mol. The van der Waals surface area contributed by atoms with Gasteiger partial charge in [-0.2, -0.15) is 0 Å². The molecule has 0 bridgehead atoms. The molecule has 2 saturated carbocycles. The lowest BCUT2D eigenvalue weighted by Gasteiger charge is -2.24. The summed E-state index contributed by atoms with van der Waals surface area (Å²) in [6, 6.07) is 0. The first kappa shape index (κ1) is 10.9. The van der Waals surface area contributed by atoms with E-state index in [1.807, 2.05) is 6.92 Å². The summed E-state index contributed by atoms with van der Waals surface area (Å²) in [4.78, 5) is 11.9. The van der Waals surface area contributed by atoms with Crippen molar-refractivity contribution in [3.05, 3.63) is 0 Å². The SMILES string of the molecule is CC(CNC(=O)C(C)(N)C1CC1)C1CC1. The molecule has 2 rings (SSSR count). The van der Waals surface area contributed by atoms with Crippen LogP contribution in [0.4, 0.5) is 0 Å². The predicted octanol–water partition coefficient (Wildman–Crippen LogP) is 1.28. The van der Waals surface area contributed by atoms with Crippen molar-refractivity contribution in [1.29, 1.82) is 0 Å². The van der Waals surface area contributed by atoms with Gasteiger partial charge in [0.2, 0.25) is 5.91 Å². The van der Waals surface area contributed by atoms with Crippen molar-refractivity contribution in [1.82, 2.24) is 5.32 Å². The highest BCUT2D eigenvalue weighted by molar-refractivity contribution is 5.86. The second-order valence-corrected chi connectivity index (χ2v) is 5.58. The van der Waals surface area contributed by atoms with E-state index >= 15 is 0 Å². The van der Waals surface area contributed by atoms with Gasteiger partial charge in [0.05, 0.1) is 5.54 Å². The summed E-state index contributed by atoms with van der Waals surface area (Å²) in [7, 11) is 0. The van der Waals surface area contributed by atoms with E-state index in [-0.39, 0.29) is 5.91 Å². The molecule has 0 heterocycles. The highest BCUT2D eigenvalue weighted by Crippen LogP contribution is 2.38. The van der Waals surface area contributed by atoms with Crippen molar-refractivity contribution >= 4 is 5.91 Å². The monoisotopic (exact) mass is 210 g/mol. The first-order valence-corrected chi connectivity index (χ1v) is 6.09. The Morgan fingerprint density at radius 3 is 2.53 bits per heavy atom. The van der Waals surface area contributed by atoms with Gasteiger partial charge in [-0.3, -0.25) is 4.79 Å². The highest BCUT2D eigenvalue weighted by Gasteiger charge is 2.44. The lowest BCUT2D eigenvalue weighted by Crippen LogP contribution is -2.54. The van der Waals surface area contributed by atoms with Gasteiger partial charge >= 0.3 is 0 Å². The van der Waals surface area contributed by atoms with Crippen LogP contribution < -0.4 is 11.1 Å². The molecule has 3 nitrogen and oxygen atoms in total. The summed E-state index contributed by atoms with van der Waals surface area (Å²) in [5, 5.41) is 3.00. The Kier molecular flexibility index (Phi) is 2.75. The number of rotatable bonds is 5. The summed E-state index contributed by atoms with van der Waals surface area (Å²) in [5.74, 6) is 1.91. The van der Waals surface area contributed by atoms with Crippen LogP contribution in [-0.4, -0.2) is 18.0 Å². The third-order valence-electron chi connectivity index (χ3n) is 3.93. The lowest BCUT2D eigenvalue weighted by molar-refractivity contribution is -0.126. The average Bonchev–Trinajstić information content (AvgIpc) is 3.06. The first-order valence-electron chi connectivity index (χ1n) is 6.09. The van der Waals surface area contributed by atoms with E-state index < -0.39 is 5.54 Å². The Hall–Kier alpha value is -0.570. The lowest BCUT2D eigenvalue weighted by atomic mass is 9.95. The van der Waals surface area contributed by atoms with Gasteiger partial charge in [0.1, 0.15) is 0 Å². The van der Waals surface area contributed by atoms with Crippen LogP contribution in [0.3, 0.4) is 0 Å². The normalized spacial score (nSPS) is 26.9. The number of hydrogen-bond acceptors (Lipinski definition) is 2. The zero-order chi connectivity index (χ0) is 11.1. The van der Waals surface area contributed by atoms with E-state index in [9.17, 15) is 4.79 Å². The molecule has 0 aromatic rings. The van der Waals surface area contributed by atoms with Crippen molar-refractivity contribution in [2.24, 2.45) is 23.5 Å². The Morgan fingerprint density at radius 1 is 1.47 bits per heavy atom. The molecule has 2 aliphatic rings. The summed E-state index contributed by atoms with van der Waals surface area (Å²) in [6.45, 7) is 4.87. The quantitative estimate of drug-likeness (QED) is 0.718. The Morgan fingerprint density at radius 2 is 2.07 bits per heavy atom. The Labute approximate surface area is 91.8 Å². The molecule has 2 aliphatic carbocycles. The molecule has 2 atom stereocenters. The van der Waals surface area contributed by atoms with Crippen LogP contribution in [0.15, 0.2) is 0 Å². The smallest absolute Gasteiger partial charge is 0.240 e. The van der Waals surface area contributed by atoms with Crippen LogP contribution >= 0.6 is 0 Å². The van der Waals surface area contributed by atoms with Crippen LogP contribution in [0.25, 0.3) is 0 Å². The van der Waals surface area contributed by atoms with Crippen LogP contribution in [-0.2, 0) is 4.79 Å². The van der Waals surface area contributed by atoms with Crippen LogP contribution in [0.1, 0.15) is 39.5 Å². The largest absolute Gasteiger partial charge is 0.354 e. The van der Waals surface area contributed by atoms with Gasteiger partial charge in [0.15, 0.2) is 0 Å².